The molecule has 0 bridgehead atoms. The Bertz CT molecular complexity index is 324. The van der Waals surface area contributed by atoms with Crippen molar-refractivity contribution in [1.82, 2.24) is 10.2 Å². The quantitative estimate of drug-likeness (QED) is 0.881. The van der Waals surface area contributed by atoms with E-state index in [0.717, 1.165) is 24.9 Å². The van der Waals surface area contributed by atoms with Crippen LogP contribution in [0.3, 0.4) is 0 Å². The van der Waals surface area contributed by atoms with E-state index in [4.69, 9.17) is 0 Å². The fourth-order valence-corrected chi connectivity index (χ4v) is 2.78. The van der Waals surface area contributed by atoms with Crippen LogP contribution >= 0.6 is 0 Å². The fraction of sp³-hybridized carbons (Fsp3) is 0.625. The average molecular weight is 246 g/mol. The maximum Gasteiger partial charge on any atom is 0.00221 e. The Hall–Kier alpha value is -0.860. The van der Waals surface area contributed by atoms with E-state index < -0.39 is 0 Å². The first-order valence-electron chi connectivity index (χ1n) is 7.21. The molecule has 18 heavy (non-hydrogen) atoms. The molecule has 1 aromatic carbocycles. The Balaban J connectivity index is 1.85. The van der Waals surface area contributed by atoms with Crippen LogP contribution in [0.5, 0.6) is 0 Å². The first kappa shape index (κ1) is 13.6. The fourth-order valence-electron chi connectivity index (χ4n) is 2.78. The molecule has 0 aromatic heterocycles. The third kappa shape index (κ3) is 4.43. The van der Waals surface area contributed by atoms with Crippen molar-refractivity contribution < 1.29 is 0 Å². The summed E-state index contributed by atoms with van der Waals surface area (Å²) in [5, 5.41) is 3.55. The highest BCUT2D eigenvalue weighted by atomic mass is 15.1. The second-order valence-electron chi connectivity index (χ2n) is 5.86. The third-order valence-corrected chi connectivity index (χ3v) is 3.68. The molecule has 0 radical (unpaired) electrons. The van der Waals surface area contributed by atoms with Gasteiger partial charge in [-0.3, -0.25) is 0 Å². The summed E-state index contributed by atoms with van der Waals surface area (Å²) >= 11 is 0. The van der Waals surface area contributed by atoms with E-state index in [2.05, 4.69) is 54.4 Å². The molecule has 0 aliphatic carbocycles. The van der Waals surface area contributed by atoms with Crippen LogP contribution in [0.4, 0.5) is 0 Å². The van der Waals surface area contributed by atoms with E-state index in [1.165, 1.54) is 31.6 Å². The normalized spacial score (nSPS) is 26.6. The van der Waals surface area contributed by atoms with Crippen molar-refractivity contribution in [2.75, 3.05) is 32.7 Å². The van der Waals surface area contributed by atoms with Crippen LogP contribution in [0.1, 0.15) is 19.4 Å². The number of nitrogens with one attached hydrogen (secondary N) is 1. The van der Waals surface area contributed by atoms with Crippen LogP contribution in [0, 0.1) is 11.8 Å². The lowest BCUT2D eigenvalue weighted by atomic mass is 10.0. The lowest BCUT2D eigenvalue weighted by molar-refractivity contribution is 0.187. The van der Waals surface area contributed by atoms with Gasteiger partial charge >= 0.3 is 0 Å². The molecule has 2 unspecified atom stereocenters. The Labute approximate surface area is 111 Å². The van der Waals surface area contributed by atoms with Crippen LogP contribution in [0.25, 0.3) is 0 Å². The largest absolute Gasteiger partial charge is 0.316 e. The molecule has 2 atom stereocenters. The third-order valence-electron chi connectivity index (χ3n) is 3.68. The molecular weight excluding hydrogens is 220 g/mol. The van der Waals surface area contributed by atoms with Crippen molar-refractivity contribution in [2.45, 2.75) is 20.3 Å². The summed E-state index contributed by atoms with van der Waals surface area (Å²) < 4.78 is 0. The first-order chi connectivity index (χ1) is 8.74. The van der Waals surface area contributed by atoms with Crippen molar-refractivity contribution in [3.8, 4) is 0 Å². The van der Waals surface area contributed by atoms with Gasteiger partial charge in [0.05, 0.1) is 0 Å². The van der Waals surface area contributed by atoms with Gasteiger partial charge in [-0.1, -0.05) is 44.2 Å². The highest BCUT2D eigenvalue weighted by molar-refractivity contribution is 5.14. The van der Waals surface area contributed by atoms with Gasteiger partial charge in [0, 0.05) is 19.6 Å². The summed E-state index contributed by atoms with van der Waals surface area (Å²) in [4.78, 5) is 2.64. The highest BCUT2D eigenvalue weighted by Gasteiger charge is 2.16. The Morgan fingerprint density at radius 3 is 2.28 bits per heavy atom. The Kier molecular flexibility index (Phi) is 5.21. The summed E-state index contributed by atoms with van der Waals surface area (Å²) in [6.45, 7) is 10.7. The lowest BCUT2D eigenvalue weighted by Gasteiger charge is -2.31. The predicted octanol–water partition coefficient (Wildman–Crippen LogP) is 2.41. The number of benzene rings is 1. The summed E-state index contributed by atoms with van der Waals surface area (Å²) in [5.74, 6) is 1.52. The molecule has 1 saturated heterocycles. The molecule has 1 aromatic rings. The molecule has 0 saturated carbocycles. The molecule has 0 amide bonds. The van der Waals surface area contributed by atoms with Gasteiger partial charge in [-0.05, 0) is 36.9 Å². The van der Waals surface area contributed by atoms with Crippen LogP contribution in [0.2, 0.25) is 0 Å². The number of hydrogen-bond acceptors (Lipinski definition) is 2. The van der Waals surface area contributed by atoms with E-state index in [0.29, 0.717) is 0 Å². The smallest absolute Gasteiger partial charge is 0.00221 e. The second-order valence-corrected chi connectivity index (χ2v) is 5.86. The van der Waals surface area contributed by atoms with Gasteiger partial charge in [-0.15, -0.1) is 0 Å². The Morgan fingerprint density at radius 1 is 1.06 bits per heavy atom. The molecule has 2 nitrogen and oxygen atoms in total. The van der Waals surface area contributed by atoms with Gasteiger partial charge in [0.25, 0.3) is 0 Å². The molecule has 0 spiro atoms. The van der Waals surface area contributed by atoms with Gasteiger partial charge in [-0.2, -0.15) is 0 Å². The monoisotopic (exact) mass is 246 g/mol. The molecule has 2 rings (SSSR count). The molecule has 100 valence electrons. The first-order valence-corrected chi connectivity index (χ1v) is 7.21. The van der Waals surface area contributed by atoms with Crippen molar-refractivity contribution >= 4 is 0 Å². The van der Waals surface area contributed by atoms with Crippen LogP contribution < -0.4 is 5.32 Å². The summed E-state index contributed by atoms with van der Waals surface area (Å²) in [6, 6.07) is 10.8. The van der Waals surface area contributed by atoms with E-state index in [1.54, 1.807) is 0 Å². The molecule has 1 aliphatic heterocycles. The van der Waals surface area contributed by atoms with Crippen molar-refractivity contribution in [3.63, 3.8) is 0 Å². The van der Waals surface area contributed by atoms with E-state index >= 15 is 0 Å². The van der Waals surface area contributed by atoms with Gasteiger partial charge in [0.2, 0.25) is 0 Å². The van der Waals surface area contributed by atoms with Crippen molar-refractivity contribution in [2.24, 2.45) is 11.8 Å². The van der Waals surface area contributed by atoms with Crippen LogP contribution in [-0.4, -0.2) is 37.6 Å². The zero-order chi connectivity index (χ0) is 12.8. The number of rotatable bonds is 3. The lowest BCUT2D eigenvalue weighted by Crippen LogP contribution is -2.43. The highest BCUT2D eigenvalue weighted by Crippen LogP contribution is 2.09. The zero-order valence-corrected chi connectivity index (χ0v) is 11.7. The average Bonchev–Trinajstić information content (AvgIpc) is 2.35. The van der Waals surface area contributed by atoms with Crippen molar-refractivity contribution in [1.29, 1.82) is 0 Å². The van der Waals surface area contributed by atoms with Gasteiger partial charge in [0.15, 0.2) is 0 Å². The SMILES string of the molecule is CC1CNCC(C)CN(CCc2ccccc2)C1. The molecular formula is C16H26N2. The number of nitrogens with zero attached hydrogens (tertiary/aromatic N) is 1. The molecule has 1 fully saturated rings. The van der Waals surface area contributed by atoms with Gasteiger partial charge < -0.3 is 10.2 Å². The maximum absolute atomic E-state index is 3.55. The number of hydrogen-bond donors (Lipinski definition) is 1. The minimum absolute atomic E-state index is 0.758. The van der Waals surface area contributed by atoms with Crippen LogP contribution in [0.15, 0.2) is 30.3 Å². The summed E-state index contributed by atoms with van der Waals surface area (Å²) in [5.41, 5.74) is 1.46. The minimum atomic E-state index is 0.758. The molecule has 1 aliphatic rings. The van der Waals surface area contributed by atoms with Crippen molar-refractivity contribution in [3.05, 3.63) is 35.9 Å². The minimum Gasteiger partial charge on any atom is -0.316 e. The van der Waals surface area contributed by atoms with Gasteiger partial charge in [0.1, 0.15) is 0 Å². The van der Waals surface area contributed by atoms with Crippen LogP contribution in [-0.2, 0) is 6.42 Å². The maximum atomic E-state index is 3.55. The molecule has 1 heterocycles. The van der Waals surface area contributed by atoms with E-state index in [9.17, 15) is 0 Å². The van der Waals surface area contributed by atoms with E-state index in [-0.39, 0.29) is 0 Å². The van der Waals surface area contributed by atoms with Gasteiger partial charge in [-0.25, -0.2) is 0 Å². The van der Waals surface area contributed by atoms with E-state index in [1.807, 2.05) is 0 Å². The topological polar surface area (TPSA) is 15.3 Å². The summed E-state index contributed by atoms with van der Waals surface area (Å²) in [6.07, 6.45) is 1.17. The standard InChI is InChI=1S/C16H26N2/c1-14-10-17-11-15(2)13-18(12-14)9-8-16-6-4-3-5-7-16/h3-7,14-15,17H,8-13H2,1-2H3. The predicted molar refractivity (Wildman–Crippen MR) is 77.8 cm³/mol. The second kappa shape index (κ2) is 6.91. The zero-order valence-electron chi connectivity index (χ0n) is 11.7. The molecule has 1 N–H and O–H groups in total. The summed E-state index contributed by atoms with van der Waals surface area (Å²) in [7, 11) is 0. The molecule has 2 heteroatoms. The Morgan fingerprint density at radius 2 is 1.67 bits per heavy atom.